The van der Waals surface area contributed by atoms with Crippen molar-refractivity contribution in [2.24, 2.45) is 0 Å². The minimum Gasteiger partial charge on any atom is -0.406 e. The van der Waals surface area contributed by atoms with E-state index in [9.17, 15) is 13.2 Å². The van der Waals surface area contributed by atoms with Crippen LogP contribution in [0.2, 0.25) is 0 Å². The molecule has 0 saturated heterocycles. The van der Waals surface area contributed by atoms with Crippen LogP contribution in [0.5, 0.6) is 5.75 Å². The summed E-state index contributed by atoms with van der Waals surface area (Å²) in [6.45, 7) is 3.99. The molecule has 19 heavy (non-hydrogen) atoms. The minimum absolute atomic E-state index is 0.207. The normalized spacial score (nSPS) is 11.4. The van der Waals surface area contributed by atoms with Crippen molar-refractivity contribution in [3.63, 3.8) is 0 Å². The molecule has 0 aliphatic carbocycles. The fraction of sp³-hybridized carbons (Fsp3) is 0.200. The maximum Gasteiger partial charge on any atom is 0.573 e. The summed E-state index contributed by atoms with van der Waals surface area (Å²) in [5.41, 5.74) is 4.15. The Kier molecular flexibility index (Phi) is 3.51. The largest absolute Gasteiger partial charge is 0.573 e. The molecular weight excluding hydrogens is 253 g/mol. The number of hydrogen-bond donors (Lipinski definition) is 0. The standard InChI is InChI=1S/C15H13F3O/c1-10-4-3-5-14(11(10)2)12-6-8-13(9-7-12)19-15(16,17)18/h3-9H,1-2H3. The molecule has 0 unspecified atom stereocenters. The number of alkyl halides is 3. The predicted molar refractivity (Wildman–Crippen MR) is 68.0 cm³/mol. The van der Waals surface area contributed by atoms with Gasteiger partial charge in [-0.1, -0.05) is 30.3 Å². The number of benzene rings is 2. The van der Waals surface area contributed by atoms with Gasteiger partial charge in [-0.25, -0.2) is 0 Å². The third-order valence-electron chi connectivity index (χ3n) is 3.00. The second kappa shape index (κ2) is 4.96. The molecule has 0 fully saturated rings. The van der Waals surface area contributed by atoms with E-state index in [1.807, 2.05) is 32.0 Å². The highest BCUT2D eigenvalue weighted by molar-refractivity contribution is 5.68. The van der Waals surface area contributed by atoms with Gasteiger partial charge in [-0.15, -0.1) is 13.2 Å². The number of ether oxygens (including phenoxy) is 1. The molecule has 4 heteroatoms. The van der Waals surface area contributed by atoms with Crippen molar-refractivity contribution in [1.82, 2.24) is 0 Å². The first kappa shape index (κ1) is 13.5. The van der Waals surface area contributed by atoms with Gasteiger partial charge in [0.15, 0.2) is 0 Å². The number of rotatable bonds is 2. The lowest BCUT2D eigenvalue weighted by atomic mass is 9.97. The van der Waals surface area contributed by atoms with Crippen molar-refractivity contribution >= 4 is 0 Å². The second-order valence-electron chi connectivity index (χ2n) is 4.32. The lowest BCUT2D eigenvalue weighted by molar-refractivity contribution is -0.274. The Morgan fingerprint density at radius 1 is 0.895 bits per heavy atom. The quantitative estimate of drug-likeness (QED) is 0.753. The Labute approximate surface area is 109 Å². The summed E-state index contributed by atoms with van der Waals surface area (Å²) in [4.78, 5) is 0. The zero-order valence-corrected chi connectivity index (χ0v) is 10.6. The Morgan fingerprint density at radius 2 is 1.53 bits per heavy atom. The number of hydrogen-bond acceptors (Lipinski definition) is 1. The van der Waals surface area contributed by atoms with E-state index < -0.39 is 6.36 Å². The van der Waals surface area contributed by atoms with Gasteiger partial charge in [-0.2, -0.15) is 0 Å². The topological polar surface area (TPSA) is 9.23 Å². The van der Waals surface area contributed by atoms with Crippen LogP contribution in [0.4, 0.5) is 13.2 Å². The molecule has 1 nitrogen and oxygen atoms in total. The van der Waals surface area contributed by atoms with Gasteiger partial charge in [0.05, 0.1) is 0 Å². The second-order valence-corrected chi connectivity index (χ2v) is 4.32. The number of aryl methyl sites for hydroxylation is 1. The molecule has 0 aliphatic heterocycles. The molecule has 0 saturated carbocycles. The van der Waals surface area contributed by atoms with Crippen molar-refractivity contribution in [3.8, 4) is 16.9 Å². The predicted octanol–water partition coefficient (Wildman–Crippen LogP) is 4.87. The Bertz CT molecular complexity index is 571. The summed E-state index contributed by atoms with van der Waals surface area (Å²) in [5, 5.41) is 0. The highest BCUT2D eigenvalue weighted by Gasteiger charge is 2.30. The molecular formula is C15H13F3O. The SMILES string of the molecule is Cc1cccc(-c2ccc(OC(F)(F)F)cc2)c1C. The summed E-state index contributed by atoms with van der Waals surface area (Å²) < 4.78 is 40.0. The zero-order chi connectivity index (χ0) is 14.0. The average Bonchev–Trinajstić information content (AvgIpc) is 2.32. The van der Waals surface area contributed by atoms with Gasteiger partial charge in [0.2, 0.25) is 0 Å². The summed E-state index contributed by atoms with van der Waals surface area (Å²) in [6.07, 6.45) is -4.65. The van der Waals surface area contributed by atoms with E-state index >= 15 is 0 Å². The number of halogens is 3. The molecule has 0 atom stereocenters. The van der Waals surface area contributed by atoms with Crippen LogP contribution in [0.3, 0.4) is 0 Å². The van der Waals surface area contributed by atoms with Gasteiger partial charge >= 0.3 is 6.36 Å². The first-order chi connectivity index (χ1) is 8.87. The van der Waals surface area contributed by atoms with Crippen LogP contribution >= 0.6 is 0 Å². The highest BCUT2D eigenvalue weighted by atomic mass is 19.4. The zero-order valence-electron chi connectivity index (χ0n) is 10.6. The molecule has 0 spiro atoms. The fourth-order valence-corrected chi connectivity index (χ4v) is 1.90. The molecule has 100 valence electrons. The monoisotopic (exact) mass is 266 g/mol. The van der Waals surface area contributed by atoms with Crippen LogP contribution in [0, 0.1) is 13.8 Å². The first-order valence-electron chi connectivity index (χ1n) is 5.79. The lowest BCUT2D eigenvalue weighted by Gasteiger charge is -2.11. The summed E-state index contributed by atoms with van der Waals surface area (Å²) in [6, 6.07) is 11.8. The van der Waals surface area contributed by atoms with E-state index in [-0.39, 0.29) is 5.75 Å². The van der Waals surface area contributed by atoms with E-state index in [0.717, 1.165) is 22.3 Å². The van der Waals surface area contributed by atoms with Crippen LogP contribution in [-0.4, -0.2) is 6.36 Å². The van der Waals surface area contributed by atoms with Crippen LogP contribution in [0.15, 0.2) is 42.5 Å². The minimum atomic E-state index is -4.65. The Morgan fingerprint density at radius 3 is 2.11 bits per heavy atom. The van der Waals surface area contributed by atoms with E-state index in [0.29, 0.717) is 0 Å². The van der Waals surface area contributed by atoms with Crippen molar-refractivity contribution < 1.29 is 17.9 Å². The van der Waals surface area contributed by atoms with Gasteiger partial charge in [0.25, 0.3) is 0 Å². The van der Waals surface area contributed by atoms with E-state index in [2.05, 4.69) is 4.74 Å². The van der Waals surface area contributed by atoms with E-state index in [4.69, 9.17) is 0 Å². The Balaban J connectivity index is 2.30. The van der Waals surface area contributed by atoms with Gasteiger partial charge in [0.1, 0.15) is 5.75 Å². The molecule has 0 amide bonds. The maximum atomic E-state index is 12.1. The van der Waals surface area contributed by atoms with Crippen LogP contribution in [0.25, 0.3) is 11.1 Å². The van der Waals surface area contributed by atoms with Gasteiger partial charge in [0, 0.05) is 0 Å². The molecule has 0 heterocycles. The Hall–Kier alpha value is -1.97. The highest BCUT2D eigenvalue weighted by Crippen LogP contribution is 2.29. The summed E-state index contributed by atoms with van der Waals surface area (Å²) in [7, 11) is 0. The third kappa shape index (κ3) is 3.28. The maximum absolute atomic E-state index is 12.1. The van der Waals surface area contributed by atoms with Gasteiger partial charge < -0.3 is 4.74 Å². The lowest BCUT2D eigenvalue weighted by Crippen LogP contribution is -2.16. The van der Waals surface area contributed by atoms with Crippen molar-refractivity contribution in [1.29, 1.82) is 0 Å². The van der Waals surface area contributed by atoms with E-state index in [1.54, 1.807) is 12.1 Å². The van der Waals surface area contributed by atoms with Crippen LogP contribution in [-0.2, 0) is 0 Å². The summed E-state index contributed by atoms with van der Waals surface area (Å²) in [5.74, 6) is -0.207. The van der Waals surface area contributed by atoms with E-state index in [1.165, 1.54) is 12.1 Å². The fourth-order valence-electron chi connectivity index (χ4n) is 1.90. The molecule has 2 aromatic carbocycles. The molecule has 0 aromatic heterocycles. The average molecular weight is 266 g/mol. The molecule has 0 bridgehead atoms. The van der Waals surface area contributed by atoms with Gasteiger partial charge in [-0.05, 0) is 48.2 Å². The summed E-state index contributed by atoms with van der Waals surface area (Å²) >= 11 is 0. The molecule has 0 radical (unpaired) electrons. The molecule has 0 N–H and O–H groups in total. The van der Waals surface area contributed by atoms with Gasteiger partial charge in [-0.3, -0.25) is 0 Å². The van der Waals surface area contributed by atoms with Crippen molar-refractivity contribution in [3.05, 3.63) is 53.6 Å². The smallest absolute Gasteiger partial charge is 0.406 e. The molecule has 2 rings (SSSR count). The van der Waals surface area contributed by atoms with Crippen LogP contribution < -0.4 is 4.74 Å². The third-order valence-corrected chi connectivity index (χ3v) is 3.00. The van der Waals surface area contributed by atoms with Crippen LogP contribution in [0.1, 0.15) is 11.1 Å². The van der Waals surface area contributed by atoms with Crippen molar-refractivity contribution in [2.75, 3.05) is 0 Å². The molecule has 2 aromatic rings. The van der Waals surface area contributed by atoms with Crippen molar-refractivity contribution in [2.45, 2.75) is 20.2 Å². The first-order valence-corrected chi connectivity index (χ1v) is 5.79. The molecule has 0 aliphatic rings.